The topological polar surface area (TPSA) is 252 Å². The molecule has 4 aromatic heterocycles. The van der Waals surface area contributed by atoms with Gasteiger partial charge in [-0.2, -0.15) is 0 Å². The molecule has 344 valence electrons. The quantitative estimate of drug-likeness (QED) is 0.0338. The number of hydrogen-bond acceptors (Lipinski definition) is 10. The number of nitrogens with one attached hydrogen (secondary N) is 5. The summed E-state index contributed by atoms with van der Waals surface area (Å²) >= 11 is 0. The third-order valence-electron chi connectivity index (χ3n) is 11.4. The third kappa shape index (κ3) is 12.1. The summed E-state index contributed by atoms with van der Waals surface area (Å²) in [6, 6.07) is 11.0. The average Bonchev–Trinajstić information content (AvgIpc) is 4.00. The van der Waals surface area contributed by atoms with Crippen molar-refractivity contribution in [3.8, 4) is 0 Å². The summed E-state index contributed by atoms with van der Waals surface area (Å²) in [5, 5.41) is 29.6. The van der Waals surface area contributed by atoms with Crippen LogP contribution in [0, 0.1) is 30.9 Å². The van der Waals surface area contributed by atoms with Crippen molar-refractivity contribution in [1.29, 1.82) is 0 Å². The Morgan fingerprint density at radius 1 is 0.800 bits per heavy atom. The molecule has 65 heavy (non-hydrogen) atoms. The number of ether oxygens (including phenoxy) is 1. The van der Waals surface area contributed by atoms with E-state index in [1.165, 1.54) is 10.8 Å². The first-order valence-electron chi connectivity index (χ1n) is 21.8. The molecule has 1 atom stereocenters. The zero-order chi connectivity index (χ0) is 47.2. The Balaban J connectivity index is 1.27. The number of aryl methyl sites for hydroxylation is 3. The predicted molar refractivity (Wildman–Crippen MR) is 248 cm³/mol. The van der Waals surface area contributed by atoms with Crippen molar-refractivity contribution in [3.05, 3.63) is 92.4 Å². The molecule has 2 aliphatic rings. The lowest BCUT2D eigenvalue weighted by Crippen LogP contribution is -2.47. The Bertz CT molecular complexity index is 2750. The molecule has 4 aromatic rings. The van der Waals surface area contributed by atoms with Crippen LogP contribution in [0.1, 0.15) is 119 Å². The normalized spacial score (nSPS) is 13.2. The SMILES string of the molecule is CC1=C(CCC(=O)O)c2cc3nc(cc4cc(C)c(cc5cc(C)c(cc1n2)[nH]5)[nH]4)C(C)=C3CCC(=O)NC(CCCCNC(=O)OC(C)(C)C)C(=O)NCCn1c([N+](=O)[O-])cnc1C. The number of allylic oxidation sites excluding steroid dienone is 4. The Labute approximate surface area is 376 Å². The molecule has 6 N–H and O–H groups in total. The summed E-state index contributed by atoms with van der Waals surface area (Å²) < 4.78 is 6.71. The highest BCUT2D eigenvalue weighted by Crippen LogP contribution is 2.37. The number of H-pyrrole nitrogens is 2. The molecule has 0 spiro atoms. The number of carbonyl (C=O) groups excluding carboxylic acids is 3. The van der Waals surface area contributed by atoms with Crippen LogP contribution < -0.4 is 16.0 Å². The number of unbranched alkanes of at least 4 members (excludes halogenated alkanes) is 1. The fourth-order valence-corrected chi connectivity index (χ4v) is 7.91. The molecule has 1 unspecified atom stereocenters. The van der Waals surface area contributed by atoms with Gasteiger partial charge in [-0.15, -0.1) is 0 Å². The van der Waals surface area contributed by atoms with Gasteiger partial charge in [0.2, 0.25) is 11.8 Å². The molecule has 0 saturated heterocycles. The van der Waals surface area contributed by atoms with E-state index in [0.29, 0.717) is 48.0 Å². The number of nitro groups is 1. The number of carboxylic acid groups (broad SMARTS) is 1. The molecule has 0 aliphatic carbocycles. The number of alkyl carbamates (subject to hydrolysis) is 1. The monoisotopic (exact) mass is 890 g/mol. The number of imidazole rings is 1. The van der Waals surface area contributed by atoms with Crippen molar-refractivity contribution in [2.75, 3.05) is 13.1 Å². The largest absolute Gasteiger partial charge is 0.481 e. The summed E-state index contributed by atoms with van der Waals surface area (Å²) in [6.45, 7) is 15.3. The van der Waals surface area contributed by atoms with Gasteiger partial charge >= 0.3 is 17.9 Å². The van der Waals surface area contributed by atoms with Crippen LogP contribution in [0.25, 0.3) is 44.4 Å². The second kappa shape index (κ2) is 20.2. The van der Waals surface area contributed by atoms with Crippen LogP contribution in [0.2, 0.25) is 0 Å². The lowest BCUT2D eigenvalue weighted by atomic mass is 9.98. The molecule has 6 heterocycles. The van der Waals surface area contributed by atoms with Gasteiger partial charge in [0, 0.05) is 48.4 Å². The molecule has 0 fully saturated rings. The molecular formula is C47H58N10O8. The number of amides is 3. The number of hydrogen-bond donors (Lipinski definition) is 6. The standard InChI is InChI=1S/C47H58N10O8/c1-26-19-32-22-38-28(3)33(40(53-38)24-41-34(13-15-44(59)60)29(4)39(54-41)23-37-27(2)20-31(52-37)21-36(26)51-32)12-14-42(58)55-35(11-9-10-16-49-46(62)65-47(6,7)8)45(61)48-17-18-56-30(5)50-25-43(56)57(63)64/h19-25,35,51-52H,9-18H2,1-8H3,(H,48,61)(H,49,62)(H,55,58)(H,59,60). The summed E-state index contributed by atoms with van der Waals surface area (Å²) in [7, 11) is 0. The van der Waals surface area contributed by atoms with Gasteiger partial charge in [-0.05, 0) is 155 Å². The maximum atomic E-state index is 13.9. The van der Waals surface area contributed by atoms with Crippen molar-refractivity contribution in [3.63, 3.8) is 0 Å². The Morgan fingerprint density at radius 2 is 1.40 bits per heavy atom. The van der Waals surface area contributed by atoms with Gasteiger partial charge in [0.15, 0.2) is 5.82 Å². The van der Waals surface area contributed by atoms with Gasteiger partial charge in [0.25, 0.3) is 0 Å². The fourth-order valence-electron chi connectivity index (χ4n) is 7.91. The zero-order valence-electron chi connectivity index (χ0n) is 38.2. The van der Waals surface area contributed by atoms with E-state index in [2.05, 4.69) is 37.0 Å². The zero-order valence-corrected chi connectivity index (χ0v) is 38.2. The van der Waals surface area contributed by atoms with Crippen molar-refractivity contribution in [2.45, 2.75) is 119 Å². The number of fused-ring (bicyclic) bond motifs is 8. The number of aromatic amines is 2. The summed E-state index contributed by atoms with van der Waals surface area (Å²) in [5.41, 5.74) is 10.9. The van der Waals surface area contributed by atoms with E-state index >= 15 is 0 Å². The van der Waals surface area contributed by atoms with Gasteiger partial charge < -0.3 is 45.9 Å². The summed E-state index contributed by atoms with van der Waals surface area (Å²) in [5.74, 6) is -1.53. The second-order valence-electron chi connectivity index (χ2n) is 17.5. The molecule has 0 aromatic carbocycles. The number of carboxylic acids is 1. The minimum atomic E-state index is -0.941. The molecule has 0 radical (unpaired) electrons. The van der Waals surface area contributed by atoms with E-state index < -0.39 is 34.5 Å². The number of aliphatic carboxylic acids is 1. The maximum absolute atomic E-state index is 13.9. The third-order valence-corrected chi connectivity index (χ3v) is 11.4. The Hall–Kier alpha value is -7.11. The van der Waals surface area contributed by atoms with E-state index in [1.54, 1.807) is 27.7 Å². The number of rotatable bonds is 17. The van der Waals surface area contributed by atoms with Gasteiger partial charge in [-0.1, -0.05) is 0 Å². The van der Waals surface area contributed by atoms with Crippen LogP contribution in [0.15, 0.2) is 42.6 Å². The minimum absolute atomic E-state index is 0.00448. The first-order chi connectivity index (χ1) is 30.8. The Kier molecular flexibility index (Phi) is 14.7. The predicted octanol–water partition coefficient (Wildman–Crippen LogP) is 7.85. The molecule has 18 heteroatoms. The minimum Gasteiger partial charge on any atom is -0.481 e. The van der Waals surface area contributed by atoms with E-state index in [4.69, 9.17) is 14.7 Å². The van der Waals surface area contributed by atoms with Crippen molar-refractivity contribution in [2.24, 2.45) is 0 Å². The molecular weight excluding hydrogens is 833 g/mol. The average molecular weight is 891 g/mol. The van der Waals surface area contributed by atoms with Crippen molar-refractivity contribution < 1.29 is 33.9 Å². The van der Waals surface area contributed by atoms with Crippen LogP contribution in [0.5, 0.6) is 0 Å². The first kappa shape index (κ1) is 47.4. The molecule has 0 saturated carbocycles. The second-order valence-corrected chi connectivity index (χ2v) is 17.5. The molecule has 8 bridgehead atoms. The lowest BCUT2D eigenvalue weighted by Gasteiger charge is -2.20. The smallest absolute Gasteiger partial charge is 0.407 e. The van der Waals surface area contributed by atoms with Crippen molar-refractivity contribution >= 4 is 74.1 Å². The van der Waals surface area contributed by atoms with Gasteiger partial charge in [-0.25, -0.2) is 24.3 Å². The highest BCUT2D eigenvalue weighted by atomic mass is 16.6. The molecule has 3 amide bonds. The lowest BCUT2D eigenvalue weighted by molar-refractivity contribution is -0.392. The van der Waals surface area contributed by atoms with Crippen molar-refractivity contribution in [1.82, 2.24) is 45.4 Å². The van der Waals surface area contributed by atoms with E-state index in [9.17, 15) is 34.4 Å². The first-order valence-corrected chi connectivity index (χ1v) is 21.8. The van der Waals surface area contributed by atoms with Gasteiger partial charge in [-0.3, -0.25) is 14.4 Å². The van der Waals surface area contributed by atoms with E-state index in [-0.39, 0.29) is 56.9 Å². The Morgan fingerprint density at radius 3 is 2.02 bits per heavy atom. The molecule has 2 aliphatic heterocycles. The number of nitrogens with zero attached hydrogens (tertiary/aromatic N) is 5. The molecule has 6 rings (SSSR count). The highest BCUT2D eigenvalue weighted by molar-refractivity contribution is 5.97. The molecule has 18 nitrogen and oxygen atoms in total. The fraction of sp³-hybridized carbons (Fsp3) is 0.426. The summed E-state index contributed by atoms with van der Waals surface area (Å²) in [6.07, 6.45) is 2.29. The summed E-state index contributed by atoms with van der Waals surface area (Å²) in [4.78, 5) is 83.6. The van der Waals surface area contributed by atoms with Crippen LogP contribution in [-0.2, 0) is 25.7 Å². The number of aromatic nitrogens is 6. The van der Waals surface area contributed by atoms with Crippen LogP contribution in [-0.4, -0.2) is 88.1 Å². The van der Waals surface area contributed by atoms with Crippen LogP contribution >= 0.6 is 0 Å². The van der Waals surface area contributed by atoms with Gasteiger partial charge in [0.1, 0.15) is 24.4 Å². The van der Waals surface area contributed by atoms with Crippen LogP contribution in [0.4, 0.5) is 10.6 Å². The van der Waals surface area contributed by atoms with Gasteiger partial charge in [0.05, 0.1) is 29.3 Å². The van der Waals surface area contributed by atoms with E-state index in [1.807, 2.05) is 58.0 Å². The maximum Gasteiger partial charge on any atom is 0.407 e. The highest BCUT2D eigenvalue weighted by Gasteiger charge is 2.26. The van der Waals surface area contributed by atoms with E-state index in [0.717, 1.165) is 55.5 Å². The number of carbonyl (C=O) groups is 4. The van der Waals surface area contributed by atoms with Crippen LogP contribution in [0.3, 0.4) is 0 Å².